The van der Waals surface area contributed by atoms with E-state index in [4.69, 9.17) is 18.9 Å². The van der Waals surface area contributed by atoms with Crippen molar-refractivity contribution in [3.63, 3.8) is 0 Å². The summed E-state index contributed by atoms with van der Waals surface area (Å²) < 4.78 is 22.0. The number of esters is 1. The molecule has 0 bridgehead atoms. The van der Waals surface area contributed by atoms with E-state index in [1.54, 1.807) is 36.4 Å². The first-order valence-corrected chi connectivity index (χ1v) is 10.3. The fourth-order valence-electron chi connectivity index (χ4n) is 3.19. The van der Waals surface area contributed by atoms with Crippen molar-refractivity contribution >= 4 is 11.9 Å². The Bertz CT molecular complexity index is 1080. The van der Waals surface area contributed by atoms with Gasteiger partial charge in [0.15, 0.2) is 18.1 Å². The fraction of sp³-hybridized carbons (Fsp3) is 0.200. The van der Waals surface area contributed by atoms with E-state index < -0.39 is 5.97 Å². The van der Waals surface area contributed by atoms with Gasteiger partial charge in [-0.05, 0) is 48.4 Å². The molecular formula is C25H23NO6. The number of carbonyl (C=O) groups excluding carboxylic acids is 2. The lowest BCUT2D eigenvalue weighted by atomic mass is 10.1. The van der Waals surface area contributed by atoms with E-state index in [2.05, 4.69) is 5.32 Å². The number of hydrogen-bond acceptors (Lipinski definition) is 6. The van der Waals surface area contributed by atoms with Crippen LogP contribution in [0.2, 0.25) is 0 Å². The van der Waals surface area contributed by atoms with Crippen LogP contribution in [-0.2, 0) is 16.0 Å². The number of nitrogens with one attached hydrogen (secondary N) is 1. The molecule has 0 fully saturated rings. The number of hydrogen-bond donors (Lipinski definition) is 1. The monoisotopic (exact) mass is 433 g/mol. The van der Waals surface area contributed by atoms with E-state index in [-0.39, 0.29) is 18.1 Å². The zero-order valence-electron chi connectivity index (χ0n) is 17.4. The van der Waals surface area contributed by atoms with E-state index in [1.807, 2.05) is 36.4 Å². The van der Waals surface area contributed by atoms with Gasteiger partial charge in [-0.1, -0.05) is 36.4 Å². The summed E-state index contributed by atoms with van der Waals surface area (Å²) in [7, 11) is 0. The van der Waals surface area contributed by atoms with Crippen molar-refractivity contribution < 1.29 is 28.5 Å². The van der Waals surface area contributed by atoms with Gasteiger partial charge in [-0.25, -0.2) is 4.79 Å². The largest absolute Gasteiger partial charge is 0.486 e. The molecule has 1 amide bonds. The Morgan fingerprint density at radius 3 is 2.47 bits per heavy atom. The first-order chi connectivity index (χ1) is 15.7. The van der Waals surface area contributed by atoms with Gasteiger partial charge in [-0.15, -0.1) is 0 Å². The third-order valence-corrected chi connectivity index (χ3v) is 4.75. The average Bonchev–Trinajstić information content (AvgIpc) is 2.83. The molecule has 0 atom stereocenters. The minimum atomic E-state index is -0.626. The number of benzene rings is 3. The van der Waals surface area contributed by atoms with Crippen molar-refractivity contribution in [3.05, 3.63) is 83.9 Å². The highest BCUT2D eigenvalue weighted by atomic mass is 16.6. The second-order valence-corrected chi connectivity index (χ2v) is 7.07. The van der Waals surface area contributed by atoms with Crippen molar-refractivity contribution in [2.24, 2.45) is 0 Å². The van der Waals surface area contributed by atoms with E-state index >= 15 is 0 Å². The molecule has 0 spiro atoms. The summed E-state index contributed by atoms with van der Waals surface area (Å²) in [5, 5.41) is 2.75. The summed E-state index contributed by atoms with van der Waals surface area (Å²) >= 11 is 0. The van der Waals surface area contributed by atoms with Gasteiger partial charge >= 0.3 is 5.97 Å². The Kier molecular flexibility index (Phi) is 6.87. The smallest absolute Gasteiger partial charge is 0.342 e. The van der Waals surface area contributed by atoms with Crippen LogP contribution in [0.15, 0.2) is 72.8 Å². The summed E-state index contributed by atoms with van der Waals surface area (Å²) in [6.07, 6.45) is 0.615. The minimum absolute atomic E-state index is 0.250. The molecule has 0 saturated heterocycles. The molecule has 32 heavy (non-hydrogen) atoms. The highest BCUT2D eigenvalue weighted by Gasteiger charge is 2.16. The van der Waals surface area contributed by atoms with Crippen LogP contribution < -0.4 is 19.5 Å². The number of rotatable bonds is 8. The second kappa shape index (κ2) is 10.3. The van der Waals surface area contributed by atoms with Gasteiger partial charge in [-0.3, -0.25) is 4.79 Å². The Labute approximate surface area is 185 Å². The number of amides is 1. The predicted molar refractivity (Wildman–Crippen MR) is 117 cm³/mol. The Morgan fingerprint density at radius 2 is 1.62 bits per heavy atom. The fourth-order valence-corrected chi connectivity index (χ4v) is 3.19. The summed E-state index contributed by atoms with van der Waals surface area (Å²) in [5.74, 6) is 1.40. The third-order valence-electron chi connectivity index (χ3n) is 4.75. The summed E-state index contributed by atoms with van der Waals surface area (Å²) in [6.45, 7) is 1.10. The maximum atomic E-state index is 12.5. The summed E-state index contributed by atoms with van der Waals surface area (Å²) in [6, 6.07) is 21.6. The molecule has 0 radical (unpaired) electrons. The molecule has 0 saturated carbocycles. The minimum Gasteiger partial charge on any atom is -0.486 e. The first kappa shape index (κ1) is 21.2. The first-order valence-electron chi connectivity index (χ1n) is 10.3. The maximum Gasteiger partial charge on any atom is 0.342 e. The molecule has 1 heterocycles. The Hall–Kier alpha value is -4.00. The topological polar surface area (TPSA) is 83.1 Å². The highest BCUT2D eigenvalue weighted by molar-refractivity contribution is 5.94. The van der Waals surface area contributed by atoms with Crippen molar-refractivity contribution in [1.82, 2.24) is 5.32 Å². The van der Waals surface area contributed by atoms with E-state index in [9.17, 15) is 9.59 Å². The molecule has 3 aromatic carbocycles. The quantitative estimate of drug-likeness (QED) is 0.545. The van der Waals surface area contributed by atoms with Crippen molar-refractivity contribution in [3.8, 4) is 23.0 Å². The number of para-hydroxylation sites is 2. The van der Waals surface area contributed by atoms with Gasteiger partial charge in [0.1, 0.15) is 30.3 Å². The molecule has 7 nitrogen and oxygen atoms in total. The molecule has 1 N–H and O–H groups in total. The van der Waals surface area contributed by atoms with Crippen LogP contribution in [0.1, 0.15) is 15.9 Å². The van der Waals surface area contributed by atoms with Gasteiger partial charge in [-0.2, -0.15) is 0 Å². The SMILES string of the molecule is O=C(COC(=O)c1ccccc1Oc1ccccc1)NCCc1ccc2c(c1)OCCO2. The highest BCUT2D eigenvalue weighted by Crippen LogP contribution is 2.30. The third kappa shape index (κ3) is 5.57. The van der Waals surface area contributed by atoms with Gasteiger partial charge in [0, 0.05) is 6.54 Å². The van der Waals surface area contributed by atoms with Crippen LogP contribution >= 0.6 is 0 Å². The van der Waals surface area contributed by atoms with Crippen molar-refractivity contribution in [1.29, 1.82) is 0 Å². The molecule has 164 valence electrons. The van der Waals surface area contributed by atoms with Crippen LogP contribution in [0.5, 0.6) is 23.0 Å². The summed E-state index contributed by atoms with van der Waals surface area (Å²) in [4.78, 5) is 24.6. The van der Waals surface area contributed by atoms with E-state index in [1.165, 1.54) is 0 Å². The van der Waals surface area contributed by atoms with E-state index in [0.717, 1.165) is 11.3 Å². The summed E-state index contributed by atoms with van der Waals surface area (Å²) in [5.41, 5.74) is 1.26. The van der Waals surface area contributed by atoms with Gasteiger partial charge in [0.05, 0.1) is 0 Å². The van der Waals surface area contributed by atoms with Gasteiger partial charge < -0.3 is 24.3 Å². The lowest BCUT2D eigenvalue weighted by Crippen LogP contribution is -2.30. The molecule has 7 heteroatoms. The molecule has 4 rings (SSSR count). The molecule has 0 aliphatic carbocycles. The van der Waals surface area contributed by atoms with Crippen LogP contribution in [0.3, 0.4) is 0 Å². The lowest BCUT2D eigenvalue weighted by Gasteiger charge is -2.18. The Balaban J connectivity index is 1.25. The zero-order valence-corrected chi connectivity index (χ0v) is 17.4. The van der Waals surface area contributed by atoms with Crippen LogP contribution in [0.4, 0.5) is 0 Å². The van der Waals surface area contributed by atoms with Crippen LogP contribution in [-0.4, -0.2) is 38.2 Å². The molecule has 0 aromatic heterocycles. The normalized spacial score (nSPS) is 12.0. The zero-order chi connectivity index (χ0) is 22.2. The number of ether oxygens (including phenoxy) is 4. The van der Waals surface area contributed by atoms with Crippen LogP contribution in [0.25, 0.3) is 0 Å². The second-order valence-electron chi connectivity index (χ2n) is 7.07. The Morgan fingerprint density at radius 1 is 0.875 bits per heavy atom. The predicted octanol–water partition coefficient (Wildman–Crippen LogP) is 3.77. The number of carbonyl (C=O) groups is 2. The van der Waals surface area contributed by atoms with Crippen molar-refractivity contribution in [2.45, 2.75) is 6.42 Å². The molecule has 0 unspecified atom stereocenters. The standard InChI is InChI=1S/C25H23NO6/c27-24(26-13-12-18-10-11-22-23(16-18)30-15-14-29-22)17-31-25(28)20-8-4-5-9-21(20)32-19-6-2-1-3-7-19/h1-11,16H,12-15,17H2,(H,26,27). The average molecular weight is 433 g/mol. The maximum absolute atomic E-state index is 12.5. The van der Waals surface area contributed by atoms with Gasteiger partial charge in [0.2, 0.25) is 0 Å². The molecule has 3 aromatic rings. The molecule has 1 aliphatic rings. The van der Waals surface area contributed by atoms with Crippen LogP contribution in [0, 0.1) is 0 Å². The lowest BCUT2D eigenvalue weighted by molar-refractivity contribution is -0.124. The van der Waals surface area contributed by atoms with E-state index in [0.29, 0.717) is 43.4 Å². The van der Waals surface area contributed by atoms with Crippen molar-refractivity contribution in [2.75, 3.05) is 26.4 Å². The number of fused-ring (bicyclic) bond motifs is 1. The molecule has 1 aliphatic heterocycles. The van der Waals surface area contributed by atoms with Gasteiger partial charge in [0.25, 0.3) is 5.91 Å². The molecular weight excluding hydrogens is 410 g/mol.